The van der Waals surface area contributed by atoms with Crippen LogP contribution in [-0.2, 0) is 0 Å². The number of aryl methyl sites for hydroxylation is 1. The Bertz CT molecular complexity index is 269. The SMILES string of the molecule is Cc1csc([C@H]2CC[C@H](N)C2)n1. The standard InChI is InChI=1S/C9H14N2S/c1-6-5-12-9(11-6)7-2-3-8(10)4-7/h5,7-8H,2-4,10H2,1H3/t7-,8-/m0/s1. The van der Waals surface area contributed by atoms with Crippen molar-refractivity contribution in [3.63, 3.8) is 0 Å². The zero-order valence-corrected chi connectivity index (χ0v) is 8.10. The maximum Gasteiger partial charge on any atom is 0.0959 e. The lowest BCUT2D eigenvalue weighted by Gasteiger charge is -2.03. The third-order valence-electron chi connectivity index (χ3n) is 2.46. The molecule has 0 unspecified atom stereocenters. The molecule has 2 nitrogen and oxygen atoms in total. The van der Waals surface area contributed by atoms with Crippen LogP contribution in [0.3, 0.4) is 0 Å². The number of nitrogens with zero attached hydrogens (tertiary/aromatic N) is 1. The van der Waals surface area contributed by atoms with Gasteiger partial charge in [-0.1, -0.05) is 0 Å². The second kappa shape index (κ2) is 3.15. The van der Waals surface area contributed by atoms with Crippen molar-refractivity contribution < 1.29 is 0 Å². The molecule has 1 aliphatic carbocycles. The smallest absolute Gasteiger partial charge is 0.0959 e. The predicted octanol–water partition coefficient (Wildman–Crippen LogP) is 2.05. The van der Waals surface area contributed by atoms with Crippen LogP contribution in [0.4, 0.5) is 0 Å². The number of hydrogen-bond acceptors (Lipinski definition) is 3. The third-order valence-corrected chi connectivity index (χ3v) is 3.58. The number of rotatable bonds is 1. The highest BCUT2D eigenvalue weighted by molar-refractivity contribution is 7.09. The Morgan fingerprint density at radius 2 is 2.42 bits per heavy atom. The van der Waals surface area contributed by atoms with Crippen molar-refractivity contribution in [3.8, 4) is 0 Å². The van der Waals surface area contributed by atoms with Gasteiger partial charge in [0.05, 0.1) is 5.01 Å². The van der Waals surface area contributed by atoms with E-state index in [2.05, 4.69) is 17.3 Å². The average Bonchev–Trinajstić information content (AvgIpc) is 2.58. The number of nitrogens with two attached hydrogens (primary N) is 1. The summed E-state index contributed by atoms with van der Waals surface area (Å²) in [5.74, 6) is 0.652. The van der Waals surface area contributed by atoms with Gasteiger partial charge in [-0.05, 0) is 26.2 Å². The summed E-state index contributed by atoms with van der Waals surface area (Å²) < 4.78 is 0. The molecule has 3 heteroatoms. The summed E-state index contributed by atoms with van der Waals surface area (Å²) in [5, 5.41) is 3.42. The summed E-state index contributed by atoms with van der Waals surface area (Å²) in [7, 11) is 0. The van der Waals surface area contributed by atoms with Gasteiger partial charge in [-0.25, -0.2) is 4.98 Å². The van der Waals surface area contributed by atoms with Crippen molar-refractivity contribution in [2.75, 3.05) is 0 Å². The molecule has 1 fully saturated rings. The highest BCUT2D eigenvalue weighted by Crippen LogP contribution is 2.34. The maximum absolute atomic E-state index is 5.85. The summed E-state index contributed by atoms with van der Waals surface area (Å²) in [5.41, 5.74) is 6.99. The summed E-state index contributed by atoms with van der Waals surface area (Å²) in [6.07, 6.45) is 3.53. The summed E-state index contributed by atoms with van der Waals surface area (Å²) >= 11 is 1.78. The van der Waals surface area contributed by atoms with Crippen LogP contribution in [0.2, 0.25) is 0 Å². The topological polar surface area (TPSA) is 38.9 Å². The molecule has 12 heavy (non-hydrogen) atoms. The van der Waals surface area contributed by atoms with Gasteiger partial charge in [-0.15, -0.1) is 11.3 Å². The number of thiazole rings is 1. The molecule has 2 N–H and O–H groups in total. The van der Waals surface area contributed by atoms with Crippen LogP contribution >= 0.6 is 11.3 Å². The van der Waals surface area contributed by atoms with Crippen molar-refractivity contribution in [1.82, 2.24) is 4.98 Å². The van der Waals surface area contributed by atoms with Crippen LogP contribution in [0.5, 0.6) is 0 Å². The van der Waals surface area contributed by atoms with E-state index < -0.39 is 0 Å². The maximum atomic E-state index is 5.85. The number of aromatic nitrogens is 1. The number of hydrogen-bond donors (Lipinski definition) is 1. The molecule has 1 aromatic rings. The molecule has 2 rings (SSSR count). The molecular weight excluding hydrogens is 168 g/mol. The molecule has 0 radical (unpaired) electrons. The van der Waals surface area contributed by atoms with Gasteiger partial charge in [0, 0.05) is 23.0 Å². The molecule has 0 saturated heterocycles. The first-order chi connectivity index (χ1) is 5.75. The minimum atomic E-state index is 0.416. The van der Waals surface area contributed by atoms with Crippen molar-refractivity contribution >= 4 is 11.3 Å². The molecule has 1 aliphatic rings. The molecule has 0 bridgehead atoms. The minimum absolute atomic E-state index is 0.416. The largest absolute Gasteiger partial charge is 0.328 e. The van der Waals surface area contributed by atoms with Gasteiger partial charge >= 0.3 is 0 Å². The van der Waals surface area contributed by atoms with Crippen LogP contribution in [-0.4, -0.2) is 11.0 Å². The van der Waals surface area contributed by atoms with E-state index >= 15 is 0 Å². The average molecular weight is 182 g/mol. The van der Waals surface area contributed by atoms with E-state index in [0.717, 1.165) is 12.1 Å². The van der Waals surface area contributed by atoms with Crippen LogP contribution in [0, 0.1) is 6.92 Å². The van der Waals surface area contributed by atoms with E-state index in [0.29, 0.717) is 12.0 Å². The predicted molar refractivity (Wildman–Crippen MR) is 51.4 cm³/mol. The Morgan fingerprint density at radius 1 is 1.58 bits per heavy atom. The van der Waals surface area contributed by atoms with Crippen molar-refractivity contribution in [2.45, 2.75) is 38.1 Å². The fourth-order valence-electron chi connectivity index (χ4n) is 1.80. The second-order valence-corrected chi connectivity index (χ2v) is 4.49. The zero-order valence-electron chi connectivity index (χ0n) is 7.29. The van der Waals surface area contributed by atoms with E-state index in [1.807, 2.05) is 0 Å². The highest BCUT2D eigenvalue weighted by Gasteiger charge is 2.24. The van der Waals surface area contributed by atoms with Gasteiger partial charge in [0.15, 0.2) is 0 Å². The molecule has 1 saturated carbocycles. The molecule has 0 spiro atoms. The van der Waals surface area contributed by atoms with Gasteiger partial charge in [0.25, 0.3) is 0 Å². The minimum Gasteiger partial charge on any atom is -0.328 e. The van der Waals surface area contributed by atoms with E-state index in [1.165, 1.54) is 17.8 Å². The van der Waals surface area contributed by atoms with Crippen molar-refractivity contribution in [1.29, 1.82) is 0 Å². The van der Waals surface area contributed by atoms with Gasteiger partial charge < -0.3 is 5.73 Å². The van der Waals surface area contributed by atoms with Crippen LogP contribution in [0.1, 0.15) is 35.9 Å². The third kappa shape index (κ3) is 1.52. The molecule has 2 atom stereocenters. The molecule has 0 amide bonds. The van der Waals surface area contributed by atoms with E-state index in [1.54, 1.807) is 11.3 Å². The first-order valence-corrected chi connectivity index (χ1v) is 5.31. The molecule has 66 valence electrons. The lowest BCUT2D eigenvalue weighted by atomic mass is 10.1. The molecule has 0 aliphatic heterocycles. The van der Waals surface area contributed by atoms with Gasteiger partial charge in [-0.2, -0.15) is 0 Å². The van der Waals surface area contributed by atoms with Crippen LogP contribution in [0.25, 0.3) is 0 Å². The Morgan fingerprint density at radius 3 is 2.92 bits per heavy atom. The molecule has 1 aromatic heterocycles. The lowest BCUT2D eigenvalue weighted by molar-refractivity contribution is 0.671. The highest BCUT2D eigenvalue weighted by atomic mass is 32.1. The second-order valence-electron chi connectivity index (χ2n) is 3.60. The normalized spacial score (nSPS) is 29.5. The fraction of sp³-hybridized carbons (Fsp3) is 0.667. The molecule has 0 aromatic carbocycles. The van der Waals surface area contributed by atoms with Crippen molar-refractivity contribution in [3.05, 3.63) is 16.1 Å². The van der Waals surface area contributed by atoms with Gasteiger partial charge in [0.2, 0.25) is 0 Å². The Balaban J connectivity index is 2.11. The Kier molecular flexibility index (Phi) is 2.15. The molecular formula is C9H14N2S. The van der Waals surface area contributed by atoms with E-state index in [4.69, 9.17) is 5.73 Å². The summed E-state index contributed by atoms with van der Waals surface area (Å²) in [6, 6.07) is 0.416. The van der Waals surface area contributed by atoms with Gasteiger partial charge in [0.1, 0.15) is 0 Å². The summed E-state index contributed by atoms with van der Waals surface area (Å²) in [6.45, 7) is 2.05. The van der Waals surface area contributed by atoms with E-state index in [-0.39, 0.29) is 0 Å². The van der Waals surface area contributed by atoms with Gasteiger partial charge in [-0.3, -0.25) is 0 Å². The van der Waals surface area contributed by atoms with Crippen LogP contribution in [0.15, 0.2) is 5.38 Å². The monoisotopic (exact) mass is 182 g/mol. The first-order valence-electron chi connectivity index (χ1n) is 4.43. The molecule has 1 heterocycles. The quantitative estimate of drug-likeness (QED) is 0.722. The fourth-order valence-corrected chi connectivity index (χ4v) is 2.75. The zero-order chi connectivity index (χ0) is 8.55. The summed E-state index contributed by atoms with van der Waals surface area (Å²) in [4.78, 5) is 4.49. The lowest BCUT2D eigenvalue weighted by Crippen LogP contribution is -2.14. The van der Waals surface area contributed by atoms with Crippen molar-refractivity contribution in [2.24, 2.45) is 5.73 Å². The van der Waals surface area contributed by atoms with Crippen LogP contribution < -0.4 is 5.73 Å². The first kappa shape index (κ1) is 8.20. The van der Waals surface area contributed by atoms with E-state index in [9.17, 15) is 0 Å². The Labute approximate surface area is 76.8 Å². The Hall–Kier alpha value is -0.410.